The summed E-state index contributed by atoms with van der Waals surface area (Å²) in [7, 11) is 2.13. The Morgan fingerprint density at radius 3 is 2.16 bits per heavy atom. The van der Waals surface area contributed by atoms with E-state index in [2.05, 4.69) is 25.2 Å². The van der Waals surface area contributed by atoms with Crippen LogP contribution in [0.4, 0.5) is 0 Å². The van der Waals surface area contributed by atoms with Crippen molar-refractivity contribution in [1.29, 1.82) is 0 Å². The third kappa shape index (κ3) is 12.8. The van der Waals surface area contributed by atoms with Crippen LogP contribution < -0.4 is 0 Å². The number of ether oxygens (including phenoxy) is 3. The van der Waals surface area contributed by atoms with Gasteiger partial charge < -0.3 is 19.3 Å². The lowest BCUT2D eigenvalue weighted by Gasteiger charge is -2.26. The molecule has 6 atom stereocenters. The van der Waals surface area contributed by atoms with Crippen molar-refractivity contribution in [2.45, 2.75) is 78.9 Å². The Balaban J connectivity index is 3.31. The second-order valence-electron chi connectivity index (χ2n) is 11.3. The smallest absolute Gasteiger partial charge is 0.336 e. The van der Waals surface area contributed by atoms with E-state index in [9.17, 15) is 29.1 Å². The van der Waals surface area contributed by atoms with Gasteiger partial charge in [0.1, 0.15) is 23.9 Å². The van der Waals surface area contributed by atoms with Gasteiger partial charge in [0.2, 0.25) is 0 Å². The zero-order valence-electron chi connectivity index (χ0n) is 27.0. The number of ketones is 2. The lowest BCUT2D eigenvalue weighted by atomic mass is 9.83. The second kappa shape index (κ2) is 19.4. The Bertz CT molecular complexity index is 1200. The molecule has 0 amide bonds. The molecule has 0 spiro atoms. The van der Waals surface area contributed by atoms with Gasteiger partial charge in [0.05, 0.1) is 19.8 Å². The first-order valence-electron chi connectivity index (χ1n) is 14.9. The fraction of sp³-hybridized carbons (Fsp3) is 0.514. The monoisotopic (exact) mass is 612 g/mol. The molecule has 1 rings (SSSR count). The van der Waals surface area contributed by atoms with Crippen molar-refractivity contribution in [3.8, 4) is 0 Å². The summed E-state index contributed by atoms with van der Waals surface area (Å²) in [5, 5.41) is 11.2. The predicted molar refractivity (Wildman–Crippen MR) is 167 cm³/mol. The molecule has 0 aliphatic heterocycles. The van der Waals surface area contributed by atoms with Crippen molar-refractivity contribution >= 4 is 29.5 Å². The minimum Gasteiger partial charge on any atom is -0.466 e. The van der Waals surface area contributed by atoms with Crippen LogP contribution in [0.5, 0.6) is 0 Å². The fourth-order valence-corrected chi connectivity index (χ4v) is 4.94. The molecule has 2 unspecified atom stereocenters. The van der Waals surface area contributed by atoms with Gasteiger partial charge in [0.15, 0.2) is 5.78 Å². The van der Waals surface area contributed by atoms with Gasteiger partial charge in [0.25, 0.3) is 0 Å². The maximum atomic E-state index is 13.6. The number of rotatable bonds is 19. The predicted octanol–water partition coefficient (Wildman–Crippen LogP) is 5.15. The van der Waals surface area contributed by atoms with Gasteiger partial charge in [-0.1, -0.05) is 77.1 Å². The Hall–Kier alpha value is -3.85. The van der Waals surface area contributed by atoms with Crippen molar-refractivity contribution in [3.05, 3.63) is 71.8 Å². The topological polar surface area (TPSA) is 133 Å². The molecule has 0 bridgehead atoms. The molecule has 9 heteroatoms. The van der Waals surface area contributed by atoms with Crippen molar-refractivity contribution in [1.82, 2.24) is 0 Å². The standard InChI is InChI=1S/C35H48O9/c1-9-22(2)19-23(3)15-17-29(37)32(33(40)28(35(41)43-8)21-31(39)42-7)30(38)18-16-24(4)34(44-26(6)36)25(5)20-27-13-11-10-12-14-27/h10-15,17,21-23,25,32-34,40H,4,9,16,18-20H2,1-3,5-8H3/b17-15+,28-21-/t22-,23+,25+,32?,33?,34+/m0/s1. The van der Waals surface area contributed by atoms with Gasteiger partial charge >= 0.3 is 17.9 Å². The van der Waals surface area contributed by atoms with E-state index in [1.54, 1.807) is 6.08 Å². The number of allylic oxidation sites excluding steroid dienone is 2. The zero-order valence-corrected chi connectivity index (χ0v) is 27.0. The lowest BCUT2D eigenvalue weighted by Crippen LogP contribution is -2.38. The van der Waals surface area contributed by atoms with Crippen molar-refractivity contribution in [2.75, 3.05) is 14.2 Å². The van der Waals surface area contributed by atoms with E-state index in [4.69, 9.17) is 9.47 Å². The van der Waals surface area contributed by atoms with Crippen LogP contribution in [0.2, 0.25) is 0 Å². The molecule has 44 heavy (non-hydrogen) atoms. The number of benzene rings is 1. The first kappa shape index (κ1) is 38.2. The van der Waals surface area contributed by atoms with Crippen LogP contribution in [0, 0.1) is 23.7 Å². The highest BCUT2D eigenvalue weighted by molar-refractivity contribution is 6.10. The van der Waals surface area contributed by atoms with E-state index in [0.29, 0.717) is 24.0 Å². The highest BCUT2D eigenvalue weighted by atomic mass is 16.5. The summed E-state index contributed by atoms with van der Waals surface area (Å²) in [5.41, 5.74) is 0.922. The number of Topliss-reactive ketones (excluding diaryl/α,β-unsaturated/α-hetero) is 1. The fourth-order valence-electron chi connectivity index (χ4n) is 4.94. The highest BCUT2D eigenvalue weighted by Crippen LogP contribution is 2.26. The van der Waals surface area contributed by atoms with Crippen LogP contribution in [-0.4, -0.2) is 61.0 Å². The Morgan fingerprint density at radius 1 is 0.977 bits per heavy atom. The number of hydrogen-bond acceptors (Lipinski definition) is 9. The van der Waals surface area contributed by atoms with Gasteiger partial charge in [0, 0.05) is 25.3 Å². The highest BCUT2D eigenvalue weighted by Gasteiger charge is 2.38. The summed E-state index contributed by atoms with van der Waals surface area (Å²) in [6.45, 7) is 13.4. The number of aliphatic hydroxyl groups is 1. The minimum absolute atomic E-state index is 0.0165. The molecule has 0 aliphatic carbocycles. The summed E-state index contributed by atoms with van der Waals surface area (Å²) in [6, 6.07) is 9.65. The summed E-state index contributed by atoms with van der Waals surface area (Å²) >= 11 is 0. The Labute approximate surface area is 261 Å². The number of hydrogen-bond donors (Lipinski definition) is 1. The molecular weight excluding hydrogens is 564 g/mol. The van der Waals surface area contributed by atoms with E-state index in [0.717, 1.165) is 32.6 Å². The van der Waals surface area contributed by atoms with Gasteiger partial charge in [-0.2, -0.15) is 0 Å². The zero-order chi connectivity index (χ0) is 33.4. The summed E-state index contributed by atoms with van der Waals surface area (Å²) < 4.78 is 14.9. The van der Waals surface area contributed by atoms with Crippen LogP contribution in [0.25, 0.3) is 0 Å². The van der Waals surface area contributed by atoms with Crippen LogP contribution in [0.1, 0.15) is 65.9 Å². The molecule has 0 saturated carbocycles. The maximum absolute atomic E-state index is 13.6. The molecule has 1 aromatic rings. The van der Waals surface area contributed by atoms with Crippen molar-refractivity contribution in [3.63, 3.8) is 0 Å². The second-order valence-corrected chi connectivity index (χ2v) is 11.3. The molecule has 1 aromatic carbocycles. The number of carbonyl (C=O) groups excluding carboxylic acids is 5. The van der Waals surface area contributed by atoms with Crippen LogP contribution >= 0.6 is 0 Å². The molecule has 9 nitrogen and oxygen atoms in total. The third-order valence-electron chi connectivity index (χ3n) is 7.55. The molecule has 242 valence electrons. The van der Waals surface area contributed by atoms with E-state index in [1.807, 2.05) is 44.2 Å². The van der Waals surface area contributed by atoms with E-state index in [-0.39, 0.29) is 24.7 Å². The SMILES string of the molecule is C=C(CCC(=O)C(C(=O)/C=C/[C@@H](C)C[C@@H](C)CC)C(O)/C(=C/C(=O)OC)C(=O)OC)[C@@H](OC(C)=O)[C@H](C)Cc1ccccc1. The first-order valence-corrected chi connectivity index (χ1v) is 14.9. The largest absolute Gasteiger partial charge is 0.466 e. The normalized spacial score (nSPS) is 15.8. The Kier molecular flexibility index (Phi) is 16.9. The molecular formula is C35H48O9. The molecule has 0 fully saturated rings. The van der Waals surface area contributed by atoms with Crippen LogP contribution in [-0.2, 0) is 44.6 Å². The van der Waals surface area contributed by atoms with Gasteiger partial charge in [-0.25, -0.2) is 9.59 Å². The Morgan fingerprint density at radius 2 is 1.61 bits per heavy atom. The quantitative estimate of drug-likeness (QED) is 0.0740. The summed E-state index contributed by atoms with van der Waals surface area (Å²) in [6.07, 6.45) is 3.11. The number of aliphatic hydroxyl groups excluding tert-OH is 1. The first-order chi connectivity index (χ1) is 20.7. The van der Waals surface area contributed by atoms with Gasteiger partial charge in [-0.3, -0.25) is 14.4 Å². The minimum atomic E-state index is -1.98. The average Bonchev–Trinajstić information content (AvgIpc) is 2.99. The molecule has 0 radical (unpaired) electrons. The molecule has 0 aliphatic rings. The molecule has 0 saturated heterocycles. The lowest BCUT2D eigenvalue weighted by molar-refractivity contribution is -0.146. The number of methoxy groups -OCH3 is 2. The summed E-state index contributed by atoms with van der Waals surface area (Å²) in [5.74, 6) is -5.40. The maximum Gasteiger partial charge on any atom is 0.336 e. The van der Waals surface area contributed by atoms with E-state index < -0.39 is 53.2 Å². The molecule has 1 N–H and O–H groups in total. The van der Waals surface area contributed by atoms with Crippen molar-refractivity contribution in [2.24, 2.45) is 23.7 Å². The molecule has 0 heterocycles. The van der Waals surface area contributed by atoms with Crippen LogP contribution in [0.3, 0.4) is 0 Å². The van der Waals surface area contributed by atoms with Gasteiger partial charge in [-0.15, -0.1) is 0 Å². The number of carbonyl (C=O) groups is 5. The van der Waals surface area contributed by atoms with Crippen LogP contribution in [0.15, 0.2) is 66.3 Å². The van der Waals surface area contributed by atoms with Crippen molar-refractivity contribution < 1.29 is 43.3 Å². The van der Waals surface area contributed by atoms with Gasteiger partial charge in [-0.05, 0) is 48.3 Å². The number of esters is 3. The average molecular weight is 613 g/mol. The van der Waals surface area contributed by atoms with E-state index in [1.165, 1.54) is 13.0 Å². The third-order valence-corrected chi connectivity index (χ3v) is 7.55. The van der Waals surface area contributed by atoms with E-state index >= 15 is 0 Å². The molecule has 0 aromatic heterocycles. The summed E-state index contributed by atoms with van der Waals surface area (Å²) in [4.78, 5) is 63.5.